The second kappa shape index (κ2) is 8.72. The standard InChI is InChI=1S/C22H30N4OS/c1-3-16-5-6-18(24-11-16)12-25-9-7-19-20(15-28-21(19)14-25)22(27)26-10-8-23-17(4-2)13-26/h5-6,11,15,17,23H,3-4,7-10,12-14H2,1-2H3/t17-/m0/s1. The van der Waals surface area contributed by atoms with Crippen LogP contribution in [-0.2, 0) is 25.9 Å². The summed E-state index contributed by atoms with van der Waals surface area (Å²) in [5.41, 5.74) is 4.64. The van der Waals surface area contributed by atoms with Gasteiger partial charge < -0.3 is 10.2 Å². The maximum atomic E-state index is 13.1. The summed E-state index contributed by atoms with van der Waals surface area (Å²) in [5, 5.41) is 5.58. The van der Waals surface area contributed by atoms with Gasteiger partial charge in [-0.25, -0.2) is 0 Å². The van der Waals surface area contributed by atoms with E-state index in [1.54, 1.807) is 11.3 Å². The van der Waals surface area contributed by atoms with Crippen LogP contribution in [0.15, 0.2) is 23.7 Å². The van der Waals surface area contributed by atoms with Crippen molar-refractivity contribution in [3.05, 3.63) is 51.0 Å². The molecule has 1 fully saturated rings. The maximum Gasteiger partial charge on any atom is 0.255 e. The van der Waals surface area contributed by atoms with Crippen molar-refractivity contribution in [1.82, 2.24) is 20.1 Å². The van der Waals surface area contributed by atoms with Crippen molar-refractivity contribution in [2.24, 2.45) is 0 Å². The summed E-state index contributed by atoms with van der Waals surface area (Å²) in [6.07, 6.45) is 5.03. The minimum absolute atomic E-state index is 0.225. The second-order valence-corrected chi connectivity index (χ2v) is 8.80. The Kier molecular flexibility index (Phi) is 6.09. The van der Waals surface area contributed by atoms with Crippen molar-refractivity contribution < 1.29 is 4.79 Å². The molecule has 0 aromatic carbocycles. The fourth-order valence-electron chi connectivity index (χ4n) is 4.14. The molecule has 1 amide bonds. The smallest absolute Gasteiger partial charge is 0.255 e. The van der Waals surface area contributed by atoms with Crippen LogP contribution in [0.1, 0.15) is 52.3 Å². The fourth-order valence-corrected chi connectivity index (χ4v) is 5.25. The summed E-state index contributed by atoms with van der Waals surface area (Å²) < 4.78 is 0. The van der Waals surface area contributed by atoms with Crippen molar-refractivity contribution in [1.29, 1.82) is 0 Å². The summed E-state index contributed by atoms with van der Waals surface area (Å²) in [6, 6.07) is 4.75. The predicted octanol–water partition coefficient (Wildman–Crippen LogP) is 3.09. The molecule has 0 aliphatic carbocycles. The van der Waals surface area contributed by atoms with Gasteiger partial charge in [-0.1, -0.05) is 19.9 Å². The first kappa shape index (κ1) is 19.6. The first-order chi connectivity index (χ1) is 13.7. The van der Waals surface area contributed by atoms with Gasteiger partial charge in [-0.05, 0) is 36.5 Å². The van der Waals surface area contributed by atoms with Gasteiger partial charge in [0.25, 0.3) is 5.91 Å². The first-order valence-electron chi connectivity index (χ1n) is 10.5. The number of carbonyl (C=O) groups excluding carboxylic acids is 1. The van der Waals surface area contributed by atoms with E-state index in [0.717, 1.165) is 69.8 Å². The van der Waals surface area contributed by atoms with E-state index >= 15 is 0 Å². The van der Waals surface area contributed by atoms with Crippen molar-refractivity contribution >= 4 is 17.2 Å². The lowest BCUT2D eigenvalue weighted by molar-refractivity contribution is 0.0700. The molecule has 0 saturated carbocycles. The number of hydrogen-bond donors (Lipinski definition) is 1. The highest BCUT2D eigenvalue weighted by Crippen LogP contribution is 2.30. The third-order valence-corrected chi connectivity index (χ3v) is 6.99. The number of piperazine rings is 1. The maximum absolute atomic E-state index is 13.1. The van der Waals surface area contributed by atoms with Gasteiger partial charge in [0.15, 0.2) is 0 Å². The van der Waals surface area contributed by atoms with Gasteiger partial charge in [0.1, 0.15) is 0 Å². The highest BCUT2D eigenvalue weighted by molar-refractivity contribution is 7.10. The number of aromatic nitrogens is 1. The summed E-state index contributed by atoms with van der Waals surface area (Å²) in [6.45, 7) is 9.65. The Morgan fingerprint density at radius 2 is 2.21 bits per heavy atom. The van der Waals surface area contributed by atoms with E-state index < -0.39 is 0 Å². The Morgan fingerprint density at radius 3 is 2.96 bits per heavy atom. The number of rotatable bonds is 5. The monoisotopic (exact) mass is 398 g/mol. The van der Waals surface area contributed by atoms with Gasteiger partial charge in [-0.15, -0.1) is 11.3 Å². The van der Waals surface area contributed by atoms with Crippen molar-refractivity contribution in [3.8, 4) is 0 Å². The van der Waals surface area contributed by atoms with Crippen LogP contribution in [0.5, 0.6) is 0 Å². The summed E-state index contributed by atoms with van der Waals surface area (Å²) in [7, 11) is 0. The molecule has 2 aliphatic heterocycles. The van der Waals surface area contributed by atoms with E-state index in [1.165, 1.54) is 16.0 Å². The zero-order valence-electron chi connectivity index (χ0n) is 16.9. The molecule has 150 valence electrons. The summed E-state index contributed by atoms with van der Waals surface area (Å²) in [5.74, 6) is 0.225. The van der Waals surface area contributed by atoms with E-state index in [2.05, 4.69) is 46.6 Å². The molecule has 4 rings (SSSR count). The quantitative estimate of drug-likeness (QED) is 0.841. The largest absolute Gasteiger partial charge is 0.336 e. The van der Waals surface area contributed by atoms with Crippen LogP contribution in [0.25, 0.3) is 0 Å². The van der Waals surface area contributed by atoms with Gasteiger partial charge in [0, 0.05) is 61.8 Å². The van der Waals surface area contributed by atoms with Crippen LogP contribution in [0.3, 0.4) is 0 Å². The lowest BCUT2D eigenvalue weighted by atomic mass is 10.0. The molecule has 0 bridgehead atoms. The molecular formula is C22H30N4OS. The molecule has 1 saturated heterocycles. The van der Waals surface area contributed by atoms with Crippen molar-refractivity contribution in [3.63, 3.8) is 0 Å². The molecule has 28 heavy (non-hydrogen) atoms. The lowest BCUT2D eigenvalue weighted by Gasteiger charge is -2.34. The SMILES string of the molecule is CCc1ccc(CN2CCc3c(C(=O)N4CCN[C@@H](CC)C4)csc3C2)nc1. The zero-order chi connectivity index (χ0) is 19.5. The molecule has 2 aromatic heterocycles. The molecule has 5 nitrogen and oxygen atoms in total. The predicted molar refractivity (Wildman–Crippen MR) is 114 cm³/mol. The third kappa shape index (κ3) is 4.14. The lowest BCUT2D eigenvalue weighted by Crippen LogP contribution is -2.52. The van der Waals surface area contributed by atoms with E-state index in [1.807, 2.05) is 11.1 Å². The fraction of sp³-hybridized carbons (Fsp3) is 0.545. The van der Waals surface area contributed by atoms with Crippen LogP contribution in [0.2, 0.25) is 0 Å². The Labute approximate surface area is 171 Å². The van der Waals surface area contributed by atoms with Gasteiger partial charge in [-0.2, -0.15) is 0 Å². The molecule has 4 heterocycles. The van der Waals surface area contributed by atoms with Crippen LogP contribution < -0.4 is 5.32 Å². The topological polar surface area (TPSA) is 48.5 Å². The van der Waals surface area contributed by atoms with Crippen LogP contribution in [0.4, 0.5) is 0 Å². The van der Waals surface area contributed by atoms with Gasteiger partial charge in [0.2, 0.25) is 0 Å². The average Bonchev–Trinajstić information content (AvgIpc) is 3.17. The minimum atomic E-state index is 0.225. The normalized spacial score (nSPS) is 20.2. The summed E-state index contributed by atoms with van der Waals surface area (Å²) >= 11 is 1.75. The number of hydrogen-bond acceptors (Lipinski definition) is 5. The number of pyridine rings is 1. The first-order valence-corrected chi connectivity index (χ1v) is 11.3. The van der Waals surface area contributed by atoms with Crippen molar-refractivity contribution in [2.75, 3.05) is 26.2 Å². The highest BCUT2D eigenvalue weighted by Gasteiger charge is 2.28. The molecule has 1 atom stereocenters. The number of nitrogens with zero attached hydrogens (tertiary/aromatic N) is 3. The van der Waals surface area contributed by atoms with E-state index in [-0.39, 0.29) is 5.91 Å². The molecule has 6 heteroatoms. The van der Waals surface area contributed by atoms with Gasteiger partial charge in [-0.3, -0.25) is 14.7 Å². The Balaban J connectivity index is 1.42. The average molecular weight is 399 g/mol. The van der Waals surface area contributed by atoms with E-state index in [9.17, 15) is 4.79 Å². The van der Waals surface area contributed by atoms with Gasteiger partial charge >= 0.3 is 0 Å². The second-order valence-electron chi connectivity index (χ2n) is 7.83. The van der Waals surface area contributed by atoms with E-state index in [0.29, 0.717) is 6.04 Å². The minimum Gasteiger partial charge on any atom is -0.336 e. The van der Waals surface area contributed by atoms with Gasteiger partial charge in [0.05, 0.1) is 11.3 Å². The number of nitrogens with one attached hydrogen (secondary N) is 1. The number of carbonyl (C=O) groups is 1. The Morgan fingerprint density at radius 1 is 1.32 bits per heavy atom. The molecule has 0 unspecified atom stereocenters. The molecule has 2 aromatic rings. The number of fused-ring (bicyclic) bond motifs is 1. The van der Waals surface area contributed by atoms with E-state index in [4.69, 9.17) is 0 Å². The highest BCUT2D eigenvalue weighted by atomic mass is 32.1. The number of amides is 1. The molecular weight excluding hydrogens is 368 g/mol. The third-order valence-electron chi connectivity index (χ3n) is 5.97. The Bertz CT molecular complexity index is 816. The zero-order valence-corrected chi connectivity index (χ0v) is 17.7. The van der Waals surface area contributed by atoms with Crippen molar-refractivity contribution in [2.45, 2.75) is 52.2 Å². The van der Waals surface area contributed by atoms with Crippen LogP contribution in [-0.4, -0.2) is 52.9 Å². The summed E-state index contributed by atoms with van der Waals surface area (Å²) in [4.78, 5) is 23.5. The number of thiophene rings is 1. The van der Waals surface area contributed by atoms with Crippen LogP contribution in [0, 0.1) is 0 Å². The molecule has 1 N–H and O–H groups in total. The molecule has 0 radical (unpaired) electrons. The molecule has 2 aliphatic rings. The number of aryl methyl sites for hydroxylation is 1. The van der Waals surface area contributed by atoms with Crippen LogP contribution >= 0.6 is 11.3 Å². The Hall–Kier alpha value is -1.76. The molecule has 0 spiro atoms.